The molecule has 10 heteroatoms. The second kappa shape index (κ2) is 17.1. The van der Waals surface area contributed by atoms with Gasteiger partial charge in [-0.05, 0) is 66.8 Å². The maximum Gasteiger partial charge on any atom is 0.246 e. The van der Waals surface area contributed by atoms with Gasteiger partial charge < -0.3 is 10.2 Å². The second-order valence-electron chi connectivity index (χ2n) is 16.7. The van der Waals surface area contributed by atoms with E-state index in [0.717, 1.165) is 63.2 Å². The Kier molecular flexibility index (Phi) is 13.6. The first-order chi connectivity index (χ1) is 23.5. The Labute approximate surface area is 300 Å². The molecule has 1 aromatic carbocycles. The Balaban J connectivity index is 1.54. The molecular weight excluding hydrogens is 653 g/mol. The van der Waals surface area contributed by atoms with Gasteiger partial charge in [-0.25, -0.2) is 8.42 Å². The molecule has 3 aliphatic rings. The molecule has 0 spiro atoms. The van der Waals surface area contributed by atoms with Crippen LogP contribution in [0.5, 0.6) is 0 Å². The number of amides is 2. The van der Waals surface area contributed by atoms with E-state index >= 15 is 0 Å². The van der Waals surface area contributed by atoms with Crippen LogP contribution in [0.3, 0.4) is 0 Å². The summed E-state index contributed by atoms with van der Waals surface area (Å²) < 4.78 is 24.9. The van der Waals surface area contributed by atoms with E-state index in [2.05, 4.69) is 5.32 Å². The summed E-state index contributed by atoms with van der Waals surface area (Å²) in [5.74, 6) is -3.78. The Bertz CT molecular complexity index is 1480. The molecule has 1 saturated heterocycles. The quantitative estimate of drug-likeness (QED) is 0.205. The first-order valence-corrected chi connectivity index (χ1v) is 21.0. The number of benzene rings is 1. The molecule has 50 heavy (non-hydrogen) atoms. The molecule has 0 radical (unpaired) electrons. The van der Waals surface area contributed by atoms with Crippen LogP contribution in [0.25, 0.3) is 0 Å². The van der Waals surface area contributed by atoms with Crippen molar-refractivity contribution in [3.63, 3.8) is 0 Å². The topological polar surface area (TPSA) is 135 Å². The average molecular weight is 713 g/mol. The first-order valence-electron chi connectivity index (χ1n) is 18.9. The average Bonchev–Trinajstić information content (AvgIpc) is 3.67. The zero-order chi connectivity index (χ0) is 36.8. The van der Waals surface area contributed by atoms with Crippen LogP contribution in [0.1, 0.15) is 123 Å². The molecule has 1 heterocycles. The Morgan fingerprint density at radius 2 is 1.58 bits per heavy atom. The van der Waals surface area contributed by atoms with Crippen LogP contribution >= 0.6 is 0 Å². The minimum Gasteiger partial charge on any atom is -0.344 e. The molecule has 1 aliphatic heterocycles. The van der Waals surface area contributed by atoms with Gasteiger partial charge in [-0.3, -0.25) is 24.0 Å². The van der Waals surface area contributed by atoms with Gasteiger partial charge in [-0.1, -0.05) is 97.1 Å². The van der Waals surface area contributed by atoms with Gasteiger partial charge >= 0.3 is 0 Å². The number of nitrogens with one attached hydrogen (secondary N) is 1. The molecule has 2 saturated carbocycles. The van der Waals surface area contributed by atoms with Crippen molar-refractivity contribution in [1.82, 2.24) is 10.2 Å². The molecule has 278 valence electrons. The maximum atomic E-state index is 14.6. The number of Topliss-reactive ketones (excluding diaryl/α,β-unsaturated/α-hetero) is 3. The van der Waals surface area contributed by atoms with Crippen molar-refractivity contribution in [1.29, 1.82) is 0 Å². The Morgan fingerprint density at radius 3 is 2.18 bits per heavy atom. The molecule has 3 fully saturated rings. The highest BCUT2D eigenvalue weighted by atomic mass is 32.2. The molecular formula is C40H60N2O7S. The number of sulfone groups is 1. The van der Waals surface area contributed by atoms with Gasteiger partial charge in [0, 0.05) is 31.6 Å². The molecule has 9 nitrogen and oxygen atoms in total. The molecule has 1 unspecified atom stereocenters. The highest BCUT2D eigenvalue weighted by Gasteiger charge is 2.52. The summed E-state index contributed by atoms with van der Waals surface area (Å²) in [6.07, 6.45) is 9.34. The third-order valence-electron chi connectivity index (χ3n) is 11.5. The summed E-state index contributed by atoms with van der Waals surface area (Å²) in [4.78, 5) is 71.3. The van der Waals surface area contributed by atoms with Gasteiger partial charge in [-0.15, -0.1) is 0 Å². The number of carbonyl (C=O) groups is 5. The number of carbonyl (C=O) groups excluding carboxylic acids is 5. The zero-order valence-electron chi connectivity index (χ0n) is 31.1. The lowest BCUT2D eigenvalue weighted by atomic mass is 9.79. The van der Waals surface area contributed by atoms with Gasteiger partial charge in [0.05, 0.1) is 17.7 Å². The van der Waals surface area contributed by atoms with E-state index in [9.17, 15) is 32.4 Å². The molecule has 0 bridgehead atoms. The van der Waals surface area contributed by atoms with E-state index in [1.165, 1.54) is 0 Å². The number of ketones is 3. The monoisotopic (exact) mass is 712 g/mol. The minimum absolute atomic E-state index is 0.0332. The number of nitrogens with zero attached hydrogens (tertiary/aromatic N) is 1. The fourth-order valence-corrected chi connectivity index (χ4v) is 9.92. The normalized spacial score (nSPS) is 23.8. The molecule has 2 amide bonds. The van der Waals surface area contributed by atoms with Crippen LogP contribution in [0, 0.1) is 35.0 Å². The largest absolute Gasteiger partial charge is 0.344 e. The van der Waals surface area contributed by atoms with E-state index < -0.39 is 56.6 Å². The Morgan fingerprint density at radius 1 is 0.920 bits per heavy atom. The van der Waals surface area contributed by atoms with Crippen LogP contribution in [0.4, 0.5) is 0 Å². The van der Waals surface area contributed by atoms with Crippen LogP contribution < -0.4 is 5.32 Å². The van der Waals surface area contributed by atoms with Crippen LogP contribution in [-0.2, 0) is 33.8 Å². The summed E-state index contributed by atoms with van der Waals surface area (Å²) >= 11 is 0. The highest BCUT2D eigenvalue weighted by Crippen LogP contribution is 2.44. The SMILES string of the molecule is CCC[C@H](CC(=O)[C@@H]1[C@H]2CCCC2CN1C(=O)[C@@H](NC(=O)[C@@H](CS(C)(=O)=O)C1CCCCC1)C(C)(C)C)C(=O)C(=O)C[C@@H](C)c1ccccc1. The fraction of sp³-hybridized carbons (Fsp3) is 0.725. The molecule has 1 N–H and O–H groups in total. The number of likely N-dealkylation sites (tertiary alicyclic amines) is 1. The standard InChI is InChI=1S/C40H60N2O7S/c1-7-15-29(36(45)34(44)22-26(2)27-16-10-8-11-17-27)23-33(43)35-31-21-14-20-30(31)24-42(35)39(47)37(40(3,4)5)41-38(46)32(25-50(6,48)49)28-18-12-9-13-19-28/h8,10-11,16-17,26,28-32,35,37H,7,9,12-15,18-25H2,1-6H3,(H,41,46)/t26-,29-,30?,31+,32+,35+,37-/m1/s1. The van der Waals surface area contributed by atoms with Crippen molar-refractivity contribution in [2.75, 3.05) is 18.6 Å². The molecule has 7 atom stereocenters. The van der Waals surface area contributed by atoms with Crippen molar-refractivity contribution in [2.45, 2.75) is 130 Å². The molecule has 1 aromatic rings. The summed E-state index contributed by atoms with van der Waals surface area (Å²) in [7, 11) is -3.46. The smallest absolute Gasteiger partial charge is 0.246 e. The zero-order valence-corrected chi connectivity index (χ0v) is 31.9. The number of fused-ring (bicyclic) bond motifs is 1. The number of hydrogen-bond acceptors (Lipinski definition) is 7. The van der Waals surface area contributed by atoms with Gasteiger partial charge in [0.15, 0.2) is 11.6 Å². The highest BCUT2D eigenvalue weighted by molar-refractivity contribution is 7.90. The summed E-state index contributed by atoms with van der Waals surface area (Å²) in [6.45, 7) is 9.86. The summed E-state index contributed by atoms with van der Waals surface area (Å²) in [6, 6.07) is 7.89. The third-order valence-corrected chi connectivity index (χ3v) is 12.5. The van der Waals surface area contributed by atoms with E-state index in [1.807, 2.05) is 65.0 Å². The van der Waals surface area contributed by atoms with Crippen molar-refractivity contribution in [3.05, 3.63) is 35.9 Å². The van der Waals surface area contributed by atoms with E-state index in [1.54, 1.807) is 4.90 Å². The van der Waals surface area contributed by atoms with E-state index in [4.69, 9.17) is 0 Å². The van der Waals surface area contributed by atoms with Crippen molar-refractivity contribution in [2.24, 2.45) is 35.0 Å². The first kappa shape index (κ1) is 39.9. The van der Waals surface area contributed by atoms with Gasteiger partial charge in [-0.2, -0.15) is 0 Å². The predicted octanol–water partition coefficient (Wildman–Crippen LogP) is 6.09. The Hall–Kier alpha value is -2.88. The molecule has 2 aliphatic carbocycles. The lowest BCUT2D eigenvalue weighted by Gasteiger charge is -2.38. The van der Waals surface area contributed by atoms with Crippen LogP contribution in [0.2, 0.25) is 0 Å². The molecule has 0 aromatic heterocycles. The van der Waals surface area contributed by atoms with Crippen molar-refractivity contribution < 1.29 is 32.4 Å². The van der Waals surface area contributed by atoms with Crippen molar-refractivity contribution in [3.8, 4) is 0 Å². The van der Waals surface area contributed by atoms with Gasteiger partial charge in [0.2, 0.25) is 17.6 Å². The fourth-order valence-electron chi connectivity index (χ4n) is 8.84. The lowest BCUT2D eigenvalue weighted by molar-refractivity contribution is -0.146. The second-order valence-corrected chi connectivity index (χ2v) is 18.8. The van der Waals surface area contributed by atoms with Crippen molar-refractivity contribution >= 4 is 39.0 Å². The van der Waals surface area contributed by atoms with Crippen LogP contribution in [-0.4, -0.2) is 73.1 Å². The summed E-state index contributed by atoms with van der Waals surface area (Å²) in [5.41, 5.74) is 0.258. The van der Waals surface area contributed by atoms with E-state index in [0.29, 0.717) is 19.4 Å². The van der Waals surface area contributed by atoms with Gasteiger partial charge in [0.25, 0.3) is 0 Å². The number of rotatable bonds is 16. The maximum absolute atomic E-state index is 14.6. The predicted molar refractivity (Wildman–Crippen MR) is 195 cm³/mol. The lowest BCUT2D eigenvalue weighted by Crippen LogP contribution is -2.59. The van der Waals surface area contributed by atoms with E-state index in [-0.39, 0.29) is 54.0 Å². The number of hydrogen-bond donors (Lipinski definition) is 1. The third kappa shape index (κ3) is 10.1. The minimum atomic E-state index is -3.46. The van der Waals surface area contributed by atoms with Gasteiger partial charge in [0.1, 0.15) is 15.9 Å². The summed E-state index contributed by atoms with van der Waals surface area (Å²) in [5, 5.41) is 3.00. The molecule has 4 rings (SSSR count). The van der Waals surface area contributed by atoms with Crippen LogP contribution in [0.15, 0.2) is 30.3 Å².